The van der Waals surface area contributed by atoms with Crippen LogP contribution in [-0.2, 0) is 4.79 Å². The van der Waals surface area contributed by atoms with Gasteiger partial charge in [-0.1, -0.05) is 23.7 Å². The highest BCUT2D eigenvalue weighted by Gasteiger charge is 2.12. The van der Waals surface area contributed by atoms with Crippen LogP contribution < -0.4 is 10.6 Å². The number of nitrogens with one attached hydrogen (secondary N) is 2. The fraction of sp³-hybridized carbons (Fsp3) is 0.235. The molecule has 0 spiro atoms. The lowest BCUT2D eigenvalue weighted by Gasteiger charge is -2.13. The van der Waals surface area contributed by atoms with E-state index in [2.05, 4.69) is 10.6 Å². The first kappa shape index (κ1) is 17.2. The molecule has 2 aromatic rings. The van der Waals surface area contributed by atoms with E-state index in [9.17, 15) is 13.6 Å². The summed E-state index contributed by atoms with van der Waals surface area (Å²) >= 11 is 6.16. The lowest BCUT2D eigenvalue weighted by molar-refractivity contribution is -0.116. The first-order chi connectivity index (χ1) is 10.9. The number of amides is 1. The molecular weight excluding hydrogens is 322 g/mol. The van der Waals surface area contributed by atoms with Gasteiger partial charge < -0.3 is 10.6 Å². The molecule has 0 saturated carbocycles. The Morgan fingerprint density at radius 3 is 2.39 bits per heavy atom. The molecule has 2 N–H and O–H groups in total. The summed E-state index contributed by atoms with van der Waals surface area (Å²) in [5.41, 5.74) is 2.34. The van der Waals surface area contributed by atoms with Crippen molar-refractivity contribution in [2.24, 2.45) is 0 Å². The second kappa shape index (κ2) is 7.42. The Morgan fingerprint density at radius 1 is 1.13 bits per heavy atom. The number of anilines is 2. The van der Waals surface area contributed by atoms with E-state index in [1.807, 2.05) is 26.0 Å². The third-order valence-electron chi connectivity index (χ3n) is 3.31. The van der Waals surface area contributed by atoms with E-state index in [1.165, 1.54) is 6.07 Å². The highest BCUT2D eigenvalue weighted by Crippen LogP contribution is 2.27. The third-order valence-corrected chi connectivity index (χ3v) is 3.61. The molecule has 0 heterocycles. The van der Waals surface area contributed by atoms with Crippen molar-refractivity contribution in [3.05, 3.63) is 58.1 Å². The van der Waals surface area contributed by atoms with Gasteiger partial charge >= 0.3 is 0 Å². The monoisotopic (exact) mass is 338 g/mol. The maximum atomic E-state index is 13.5. The number of carbonyl (C=O) groups is 1. The predicted molar refractivity (Wildman–Crippen MR) is 89.0 cm³/mol. The van der Waals surface area contributed by atoms with Crippen molar-refractivity contribution in [1.82, 2.24) is 0 Å². The van der Waals surface area contributed by atoms with Crippen LogP contribution >= 0.6 is 11.6 Å². The number of rotatable bonds is 5. The molecule has 0 aliphatic rings. The number of carbonyl (C=O) groups excluding carboxylic acids is 1. The van der Waals surface area contributed by atoms with E-state index < -0.39 is 23.2 Å². The van der Waals surface area contributed by atoms with E-state index >= 15 is 0 Å². The summed E-state index contributed by atoms with van der Waals surface area (Å²) in [6.07, 6.45) is 0.0530. The van der Waals surface area contributed by atoms with Gasteiger partial charge in [-0.3, -0.25) is 4.79 Å². The standard InChI is InChI=1S/C17H17ClF2N2O/c1-10-8-11(2)16(12(18)9-10)21-7-6-15(23)22-17-13(19)4-3-5-14(17)20/h3-5,8-9,21H,6-7H2,1-2H3,(H,22,23). The SMILES string of the molecule is Cc1cc(C)c(NCCC(=O)Nc2c(F)cccc2F)c(Cl)c1. The number of halogens is 3. The number of hydrogen-bond donors (Lipinski definition) is 2. The van der Waals surface area contributed by atoms with Crippen LogP contribution in [-0.4, -0.2) is 12.5 Å². The Labute approximate surface area is 138 Å². The highest BCUT2D eigenvalue weighted by atomic mass is 35.5. The molecule has 122 valence electrons. The molecule has 0 saturated heterocycles. The van der Waals surface area contributed by atoms with Gasteiger partial charge in [-0.15, -0.1) is 0 Å². The predicted octanol–water partition coefficient (Wildman–Crippen LogP) is 4.68. The second-order valence-corrected chi connectivity index (χ2v) is 5.67. The zero-order chi connectivity index (χ0) is 17.0. The van der Waals surface area contributed by atoms with E-state index in [-0.39, 0.29) is 6.42 Å². The lowest BCUT2D eigenvalue weighted by Crippen LogP contribution is -2.18. The van der Waals surface area contributed by atoms with Gasteiger partial charge in [-0.05, 0) is 43.2 Å². The molecule has 0 fully saturated rings. The molecule has 0 unspecified atom stereocenters. The normalized spacial score (nSPS) is 10.5. The average molecular weight is 339 g/mol. The Balaban J connectivity index is 1.93. The summed E-state index contributed by atoms with van der Waals surface area (Å²) in [6.45, 7) is 4.15. The molecular formula is C17H17ClF2N2O. The van der Waals surface area contributed by atoms with Crippen LogP contribution in [0, 0.1) is 25.5 Å². The summed E-state index contributed by atoms with van der Waals surface area (Å²) in [5.74, 6) is -2.09. The summed E-state index contributed by atoms with van der Waals surface area (Å²) in [5, 5.41) is 5.89. The maximum Gasteiger partial charge on any atom is 0.226 e. The number of para-hydroxylation sites is 1. The minimum Gasteiger partial charge on any atom is -0.383 e. The quantitative estimate of drug-likeness (QED) is 0.831. The smallest absolute Gasteiger partial charge is 0.226 e. The van der Waals surface area contributed by atoms with E-state index in [4.69, 9.17) is 11.6 Å². The molecule has 0 bridgehead atoms. The largest absolute Gasteiger partial charge is 0.383 e. The van der Waals surface area contributed by atoms with Crippen LogP contribution in [0.4, 0.5) is 20.2 Å². The topological polar surface area (TPSA) is 41.1 Å². The second-order valence-electron chi connectivity index (χ2n) is 5.26. The van der Waals surface area contributed by atoms with Crippen LogP contribution in [0.1, 0.15) is 17.5 Å². The van der Waals surface area contributed by atoms with Crippen LogP contribution in [0.25, 0.3) is 0 Å². The van der Waals surface area contributed by atoms with Crippen molar-refractivity contribution >= 4 is 28.9 Å². The van der Waals surface area contributed by atoms with E-state index in [0.29, 0.717) is 11.6 Å². The van der Waals surface area contributed by atoms with E-state index in [0.717, 1.165) is 28.9 Å². The van der Waals surface area contributed by atoms with Crippen LogP contribution in [0.2, 0.25) is 5.02 Å². The van der Waals surface area contributed by atoms with Gasteiger partial charge in [-0.2, -0.15) is 0 Å². The minimum absolute atomic E-state index is 0.0530. The van der Waals surface area contributed by atoms with Crippen LogP contribution in [0.3, 0.4) is 0 Å². The molecule has 23 heavy (non-hydrogen) atoms. The molecule has 0 radical (unpaired) electrons. The summed E-state index contributed by atoms with van der Waals surface area (Å²) < 4.78 is 26.9. The number of aryl methyl sites for hydroxylation is 2. The summed E-state index contributed by atoms with van der Waals surface area (Å²) in [6, 6.07) is 7.22. The third kappa shape index (κ3) is 4.42. The fourth-order valence-corrected chi connectivity index (χ4v) is 2.65. The van der Waals surface area contributed by atoms with Crippen molar-refractivity contribution in [3.8, 4) is 0 Å². The Morgan fingerprint density at radius 2 is 1.78 bits per heavy atom. The van der Waals surface area contributed by atoms with Crippen molar-refractivity contribution in [2.45, 2.75) is 20.3 Å². The van der Waals surface area contributed by atoms with Crippen molar-refractivity contribution in [3.63, 3.8) is 0 Å². The van der Waals surface area contributed by atoms with Crippen molar-refractivity contribution < 1.29 is 13.6 Å². The summed E-state index contributed by atoms with van der Waals surface area (Å²) in [7, 11) is 0. The van der Waals surface area contributed by atoms with Gasteiger partial charge in [0, 0.05) is 13.0 Å². The molecule has 6 heteroatoms. The molecule has 0 aliphatic carbocycles. The fourth-order valence-electron chi connectivity index (χ4n) is 2.26. The van der Waals surface area contributed by atoms with Crippen molar-refractivity contribution in [2.75, 3.05) is 17.2 Å². The zero-order valence-electron chi connectivity index (χ0n) is 12.8. The first-order valence-corrected chi connectivity index (χ1v) is 7.50. The van der Waals surface area contributed by atoms with Gasteiger partial charge in [0.25, 0.3) is 0 Å². The highest BCUT2D eigenvalue weighted by molar-refractivity contribution is 6.33. The van der Waals surface area contributed by atoms with E-state index in [1.54, 1.807) is 0 Å². The summed E-state index contributed by atoms with van der Waals surface area (Å²) in [4.78, 5) is 11.8. The molecule has 2 rings (SSSR count). The number of benzene rings is 2. The van der Waals surface area contributed by atoms with Gasteiger partial charge in [-0.25, -0.2) is 8.78 Å². The number of hydrogen-bond acceptors (Lipinski definition) is 2. The van der Waals surface area contributed by atoms with Crippen LogP contribution in [0.5, 0.6) is 0 Å². The van der Waals surface area contributed by atoms with Gasteiger partial charge in [0.15, 0.2) is 0 Å². The molecule has 0 aliphatic heterocycles. The minimum atomic E-state index is -0.802. The Hall–Kier alpha value is -2.14. The van der Waals surface area contributed by atoms with Crippen molar-refractivity contribution in [1.29, 1.82) is 0 Å². The van der Waals surface area contributed by atoms with Gasteiger partial charge in [0.2, 0.25) is 5.91 Å². The first-order valence-electron chi connectivity index (χ1n) is 7.13. The Kier molecular flexibility index (Phi) is 5.55. The molecule has 0 aromatic heterocycles. The maximum absolute atomic E-state index is 13.5. The van der Waals surface area contributed by atoms with Gasteiger partial charge in [0.1, 0.15) is 17.3 Å². The van der Waals surface area contributed by atoms with Gasteiger partial charge in [0.05, 0.1) is 10.7 Å². The molecule has 1 amide bonds. The Bertz CT molecular complexity index is 691. The molecule has 0 atom stereocenters. The van der Waals surface area contributed by atoms with Crippen LogP contribution in [0.15, 0.2) is 30.3 Å². The molecule has 3 nitrogen and oxygen atoms in total. The zero-order valence-corrected chi connectivity index (χ0v) is 13.6. The molecule has 2 aromatic carbocycles. The average Bonchev–Trinajstić information content (AvgIpc) is 2.46. The lowest BCUT2D eigenvalue weighted by atomic mass is 10.1.